The van der Waals surface area contributed by atoms with Crippen LogP contribution in [0.15, 0.2) is 4.52 Å². The molecule has 1 N–H and O–H groups in total. The number of hydrogen-bond donors (Lipinski definition) is 1. The summed E-state index contributed by atoms with van der Waals surface area (Å²) in [5.41, 5.74) is 0. The summed E-state index contributed by atoms with van der Waals surface area (Å²) in [6.07, 6.45) is 0. The first-order valence-corrected chi connectivity index (χ1v) is 6.08. The standard InChI is InChI=1S/C11H20N4O2/c1-9(11-12-10(2)13-17-11)15-5-3-14(4-6-15)7-8-16/h9,16H,3-8H2,1-2H3/t9-/m0/s1. The quantitative estimate of drug-likeness (QED) is 0.802. The van der Waals surface area contributed by atoms with E-state index in [-0.39, 0.29) is 12.6 Å². The molecule has 0 spiro atoms. The Morgan fingerprint density at radius 2 is 2.06 bits per heavy atom. The number of rotatable bonds is 4. The first-order valence-electron chi connectivity index (χ1n) is 6.08. The Kier molecular flexibility index (Phi) is 4.09. The summed E-state index contributed by atoms with van der Waals surface area (Å²) in [6.45, 7) is 8.84. The van der Waals surface area contributed by atoms with Gasteiger partial charge >= 0.3 is 0 Å². The molecule has 0 unspecified atom stereocenters. The van der Waals surface area contributed by atoms with Crippen LogP contribution < -0.4 is 0 Å². The Hall–Kier alpha value is -0.980. The number of aliphatic hydroxyl groups is 1. The van der Waals surface area contributed by atoms with E-state index in [0.29, 0.717) is 11.7 Å². The highest BCUT2D eigenvalue weighted by Crippen LogP contribution is 2.19. The zero-order valence-corrected chi connectivity index (χ0v) is 10.5. The van der Waals surface area contributed by atoms with Crippen molar-refractivity contribution in [3.63, 3.8) is 0 Å². The molecule has 1 atom stereocenters. The zero-order valence-electron chi connectivity index (χ0n) is 10.5. The zero-order chi connectivity index (χ0) is 12.3. The monoisotopic (exact) mass is 240 g/mol. The normalized spacial score (nSPS) is 20.6. The topological polar surface area (TPSA) is 65.6 Å². The molecule has 2 rings (SSSR count). The van der Waals surface area contributed by atoms with Crippen LogP contribution in [0.4, 0.5) is 0 Å². The number of aromatic nitrogens is 2. The minimum absolute atomic E-state index is 0.174. The molecule has 6 heteroatoms. The molecule has 1 aromatic rings. The molecule has 2 heterocycles. The van der Waals surface area contributed by atoms with Gasteiger partial charge in [-0.1, -0.05) is 5.16 Å². The highest BCUT2D eigenvalue weighted by Gasteiger charge is 2.24. The summed E-state index contributed by atoms with van der Waals surface area (Å²) in [5, 5.41) is 12.7. The Bertz CT molecular complexity index is 347. The molecule has 1 aliphatic heterocycles. The van der Waals surface area contributed by atoms with Gasteiger partial charge in [0.1, 0.15) is 0 Å². The molecule has 0 radical (unpaired) electrons. The van der Waals surface area contributed by atoms with Gasteiger partial charge in [0.05, 0.1) is 12.6 Å². The van der Waals surface area contributed by atoms with Crippen molar-refractivity contribution in [1.82, 2.24) is 19.9 Å². The summed E-state index contributed by atoms with van der Waals surface area (Å²) in [4.78, 5) is 8.87. The van der Waals surface area contributed by atoms with E-state index < -0.39 is 0 Å². The third-order valence-electron chi connectivity index (χ3n) is 3.27. The maximum atomic E-state index is 8.89. The van der Waals surface area contributed by atoms with Gasteiger partial charge in [0, 0.05) is 32.7 Å². The van der Waals surface area contributed by atoms with Crippen molar-refractivity contribution in [3.05, 3.63) is 11.7 Å². The molecular formula is C11H20N4O2. The Labute approximate surface area is 101 Å². The van der Waals surface area contributed by atoms with Gasteiger partial charge in [0.15, 0.2) is 5.82 Å². The molecule has 0 aromatic carbocycles. The Balaban J connectivity index is 1.88. The van der Waals surface area contributed by atoms with Gasteiger partial charge in [0.25, 0.3) is 0 Å². The minimum Gasteiger partial charge on any atom is -0.395 e. The lowest BCUT2D eigenvalue weighted by Crippen LogP contribution is -2.47. The smallest absolute Gasteiger partial charge is 0.243 e. The highest BCUT2D eigenvalue weighted by molar-refractivity contribution is 4.91. The van der Waals surface area contributed by atoms with E-state index in [2.05, 4.69) is 26.9 Å². The molecule has 17 heavy (non-hydrogen) atoms. The predicted octanol–water partition coefficient (Wildman–Crippen LogP) is 0.0489. The SMILES string of the molecule is Cc1noc([C@H](C)N2CCN(CCO)CC2)n1. The molecule has 0 saturated carbocycles. The van der Waals surface area contributed by atoms with E-state index in [9.17, 15) is 0 Å². The largest absolute Gasteiger partial charge is 0.395 e. The molecule has 0 bridgehead atoms. The first kappa shape index (κ1) is 12.5. The van der Waals surface area contributed by atoms with E-state index in [0.717, 1.165) is 32.7 Å². The number of hydrogen-bond acceptors (Lipinski definition) is 6. The number of nitrogens with zero attached hydrogens (tertiary/aromatic N) is 4. The van der Waals surface area contributed by atoms with Crippen molar-refractivity contribution in [2.45, 2.75) is 19.9 Å². The number of piperazine rings is 1. The second kappa shape index (κ2) is 5.57. The van der Waals surface area contributed by atoms with Crippen LogP contribution in [0.1, 0.15) is 24.7 Å². The molecule has 0 amide bonds. The molecule has 1 fully saturated rings. The Morgan fingerprint density at radius 1 is 1.35 bits per heavy atom. The summed E-state index contributed by atoms with van der Waals surface area (Å²) in [5.74, 6) is 1.38. The molecule has 96 valence electrons. The molecular weight excluding hydrogens is 220 g/mol. The van der Waals surface area contributed by atoms with E-state index in [4.69, 9.17) is 9.63 Å². The number of β-amino-alcohol motifs (C(OH)–C–C–N with tert-alkyl or cyclic N) is 1. The van der Waals surface area contributed by atoms with Crippen molar-refractivity contribution >= 4 is 0 Å². The molecule has 1 aliphatic rings. The van der Waals surface area contributed by atoms with Gasteiger partial charge in [-0.05, 0) is 13.8 Å². The van der Waals surface area contributed by atoms with Gasteiger partial charge in [-0.3, -0.25) is 9.80 Å². The van der Waals surface area contributed by atoms with Crippen molar-refractivity contribution in [2.24, 2.45) is 0 Å². The summed E-state index contributed by atoms with van der Waals surface area (Å²) >= 11 is 0. The number of aliphatic hydroxyl groups excluding tert-OH is 1. The third-order valence-corrected chi connectivity index (χ3v) is 3.27. The fourth-order valence-electron chi connectivity index (χ4n) is 2.15. The van der Waals surface area contributed by atoms with Crippen molar-refractivity contribution in [3.8, 4) is 0 Å². The highest BCUT2D eigenvalue weighted by atomic mass is 16.5. The van der Waals surface area contributed by atoms with Crippen LogP contribution in [0, 0.1) is 6.92 Å². The van der Waals surface area contributed by atoms with Crippen molar-refractivity contribution in [2.75, 3.05) is 39.3 Å². The summed E-state index contributed by atoms with van der Waals surface area (Å²) in [7, 11) is 0. The summed E-state index contributed by atoms with van der Waals surface area (Å²) < 4.78 is 5.20. The second-order valence-corrected chi connectivity index (χ2v) is 4.46. The lowest BCUT2D eigenvalue weighted by atomic mass is 10.2. The average Bonchev–Trinajstić information content (AvgIpc) is 2.76. The average molecular weight is 240 g/mol. The minimum atomic E-state index is 0.174. The first-order chi connectivity index (χ1) is 8.20. The summed E-state index contributed by atoms with van der Waals surface area (Å²) in [6, 6.07) is 0.174. The van der Waals surface area contributed by atoms with E-state index in [1.807, 2.05) is 6.92 Å². The van der Waals surface area contributed by atoms with Crippen LogP contribution in [0.5, 0.6) is 0 Å². The van der Waals surface area contributed by atoms with Gasteiger partial charge in [-0.25, -0.2) is 0 Å². The van der Waals surface area contributed by atoms with Crippen LogP contribution in [0.25, 0.3) is 0 Å². The van der Waals surface area contributed by atoms with Gasteiger partial charge in [0.2, 0.25) is 5.89 Å². The fraction of sp³-hybridized carbons (Fsp3) is 0.818. The van der Waals surface area contributed by atoms with Gasteiger partial charge in [-0.2, -0.15) is 4.98 Å². The lowest BCUT2D eigenvalue weighted by Gasteiger charge is -2.36. The number of aryl methyl sites for hydroxylation is 1. The van der Waals surface area contributed by atoms with E-state index >= 15 is 0 Å². The maximum absolute atomic E-state index is 8.89. The van der Waals surface area contributed by atoms with Crippen molar-refractivity contribution in [1.29, 1.82) is 0 Å². The van der Waals surface area contributed by atoms with Gasteiger partial charge in [-0.15, -0.1) is 0 Å². The van der Waals surface area contributed by atoms with Gasteiger partial charge < -0.3 is 9.63 Å². The maximum Gasteiger partial charge on any atom is 0.243 e. The predicted molar refractivity (Wildman–Crippen MR) is 62.5 cm³/mol. The van der Waals surface area contributed by atoms with E-state index in [1.54, 1.807) is 0 Å². The van der Waals surface area contributed by atoms with Crippen LogP contribution in [-0.2, 0) is 0 Å². The fourth-order valence-corrected chi connectivity index (χ4v) is 2.15. The van der Waals surface area contributed by atoms with E-state index in [1.165, 1.54) is 0 Å². The lowest BCUT2D eigenvalue weighted by molar-refractivity contribution is 0.0776. The van der Waals surface area contributed by atoms with Crippen LogP contribution in [-0.4, -0.2) is 64.4 Å². The molecule has 0 aliphatic carbocycles. The molecule has 1 saturated heterocycles. The third kappa shape index (κ3) is 3.02. The molecule has 1 aromatic heterocycles. The van der Waals surface area contributed by atoms with Crippen LogP contribution in [0.2, 0.25) is 0 Å². The van der Waals surface area contributed by atoms with Crippen LogP contribution in [0.3, 0.4) is 0 Å². The Morgan fingerprint density at radius 3 is 2.59 bits per heavy atom. The van der Waals surface area contributed by atoms with Crippen LogP contribution >= 0.6 is 0 Å². The molecule has 6 nitrogen and oxygen atoms in total. The second-order valence-electron chi connectivity index (χ2n) is 4.46. The van der Waals surface area contributed by atoms with Crippen molar-refractivity contribution < 1.29 is 9.63 Å².